The Morgan fingerprint density at radius 2 is 1.85 bits per heavy atom. The SMILES string of the molecule is C/C(=N/NC(=O)c1ccc(Cl)cc1)c1cccc(N)c1. The van der Waals surface area contributed by atoms with Crippen LogP contribution in [0.4, 0.5) is 5.69 Å². The summed E-state index contributed by atoms with van der Waals surface area (Å²) < 4.78 is 0. The fourth-order valence-electron chi connectivity index (χ4n) is 1.63. The summed E-state index contributed by atoms with van der Waals surface area (Å²) in [5.74, 6) is -0.287. The summed E-state index contributed by atoms with van der Waals surface area (Å²) in [6.07, 6.45) is 0. The van der Waals surface area contributed by atoms with Crippen molar-refractivity contribution in [3.8, 4) is 0 Å². The third-order valence-electron chi connectivity index (χ3n) is 2.74. The largest absolute Gasteiger partial charge is 0.399 e. The first kappa shape index (κ1) is 14.1. The van der Waals surface area contributed by atoms with E-state index in [-0.39, 0.29) is 5.91 Å². The van der Waals surface area contributed by atoms with Crippen LogP contribution in [-0.4, -0.2) is 11.6 Å². The molecule has 0 saturated carbocycles. The van der Waals surface area contributed by atoms with Crippen LogP contribution in [0.3, 0.4) is 0 Å². The van der Waals surface area contributed by atoms with Gasteiger partial charge in [-0.1, -0.05) is 23.7 Å². The highest BCUT2D eigenvalue weighted by Gasteiger charge is 2.04. The van der Waals surface area contributed by atoms with E-state index in [9.17, 15) is 4.79 Å². The Bertz CT molecular complexity index is 650. The van der Waals surface area contributed by atoms with Crippen LogP contribution in [0.2, 0.25) is 5.02 Å². The molecule has 0 saturated heterocycles. The highest BCUT2D eigenvalue weighted by atomic mass is 35.5. The topological polar surface area (TPSA) is 67.5 Å². The van der Waals surface area contributed by atoms with Gasteiger partial charge in [-0.2, -0.15) is 5.10 Å². The first-order valence-corrected chi connectivity index (χ1v) is 6.40. The summed E-state index contributed by atoms with van der Waals surface area (Å²) in [5, 5.41) is 4.65. The monoisotopic (exact) mass is 287 g/mol. The molecule has 2 aromatic carbocycles. The van der Waals surface area contributed by atoms with E-state index < -0.39 is 0 Å². The number of anilines is 1. The standard InChI is InChI=1S/C15H14ClN3O/c1-10(12-3-2-4-14(17)9-12)18-19-15(20)11-5-7-13(16)8-6-11/h2-9H,17H2,1H3,(H,19,20)/b18-10-. The van der Waals surface area contributed by atoms with Crippen LogP contribution in [0.15, 0.2) is 53.6 Å². The number of nitrogens with zero attached hydrogens (tertiary/aromatic N) is 1. The normalized spacial score (nSPS) is 11.2. The number of nitrogens with two attached hydrogens (primary N) is 1. The summed E-state index contributed by atoms with van der Waals surface area (Å²) in [6, 6.07) is 13.9. The second-order valence-electron chi connectivity index (χ2n) is 4.27. The molecule has 0 atom stereocenters. The van der Waals surface area contributed by atoms with Crippen molar-refractivity contribution < 1.29 is 4.79 Å². The first-order valence-electron chi connectivity index (χ1n) is 6.02. The summed E-state index contributed by atoms with van der Waals surface area (Å²) in [7, 11) is 0. The van der Waals surface area contributed by atoms with E-state index in [0.29, 0.717) is 22.0 Å². The number of halogens is 1. The van der Waals surface area contributed by atoms with Gasteiger partial charge < -0.3 is 5.73 Å². The molecule has 102 valence electrons. The van der Waals surface area contributed by atoms with Gasteiger partial charge in [0.15, 0.2) is 0 Å². The van der Waals surface area contributed by atoms with Crippen molar-refractivity contribution in [2.75, 3.05) is 5.73 Å². The number of benzene rings is 2. The number of hydrogen-bond acceptors (Lipinski definition) is 3. The minimum absolute atomic E-state index is 0.287. The molecule has 0 spiro atoms. The molecule has 5 heteroatoms. The van der Waals surface area contributed by atoms with Crippen molar-refractivity contribution in [1.82, 2.24) is 5.43 Å². The maximum absolute atomic E-state index is 11.9. The number of carbonyl (C=O) groups excluding carboxylic acids is 1. The molecule has 1 amide bonds. The lowest BCUT2D eigenvalue weighted by atomic mass is 10.1. The Hall–Kier alpha value is -2.33. The smallest absolute Gasteiger partial charge is 0.271 e. The molecule has 2 rings (SSSR count). The molecule has 0 aliphatic rings. The van der Waals surface area contributed by atoms with Gasteiger partial charge in [0.25, 0.3) is 5.91 Å². The lowest BCUT2D eigenvalue weighted by molar-refractivity contribution is 0.0955. The van der Waals surface area contributed by atoms with Gasteiger partial charge in [-0.05, 0) is 48.9 Å². The zero-order chi connectivity index (χ0) is 14.5. The van der Waals surface area contributed by atoms with Crippen LogP contribution in [0.5, 0.6) is 0 Å². The molecule has 0 radical (unpaired) electrons. The van der Waals surface area contributed by atoms with Crippen LogP contribution in [0, 0.1) is 0 Å². The number of carbonyl (C=O) groups is 1. The van der Waals surface area contributed by atoms with Gasteiger partial charge in [0.05, 0.1) is 5.71 Å². The van der Waals surface area contributed by atoms with Gasteiger partial charge >= 0.3 is 0 Å². The molecule has 0 bridgehead atoms. The number of rotatable bonds is 3. The summed E-state index contributed by atoms with van der Waals surface area (Å²) in [6.45, 7) is 1.80. The van der Waals surface area contributed by atoms with Crippen molar-refractivity contribution in [2.45, 2.75) is 6.92 Å². The predicted molar refractivity (Wildman–Crippen MR) is 82.0 cm³/mol. The number of hydrogen-bond donors (Lipinski definition) is 2. The maximum atomic E-state index is 11.9. The van der Waals surface area contributed by atoms with E-state index in [4.69, 9.17) is 17.3 Å². The van der Waals surface area contributed by atoms with Crippen LogP contribution in [-0.2, 0) is 0 Å². The van der Waals surface area contributed by atoms with Crippen molar-refractivity contribution in [3.63, 3.8) is 0 Å². The molecular formula is C15H14ClN3O. The van der Waals surface area contributed by atoms with Crippen LogP contribution >= 0.6 is 11.6 Å². The fourth-order valence-corrected chi connectivity index (χ4v) is 1.75. The van der Waals surface area contributed by atoms with E-state index in [1.165, 1.54) is 0 Å². The summed E-state index contributed by atoms with van der Waals surface area (Å²) in [4.78, 5) is 11.9. The van der Waals surface area contributed by atoms with E-state index in [2.05, 4.69) is 10.5 Å². The lowest BCUT2D eigenvalue weighted by Crippen LogP contribution is -2.19. The summed E-state index contributed by atoms with van der Waals surface area (Å²) in [5.41, 5.74) is 10.9. The highest BCUT2D eigenvalue weighted by molar-refractivity contribution is 6.30. The van der Waals surface area contributed by atoms with E-state index in [1.807, 2.05) is 12.1 Å². The molecule has 0 aromatic heterocycles. The number of hydrazone groups is 1. The molecule has 20 heavy (non-hydrogen) atoms. The molecule has 0 fully saturated rings. The average Bonchev–Trinajstić information content (AvgIpc) is 2.45. The van der Waals surface area contributed by atoms with Gasteiger partial charge in [-0.3, -0.25) is 4.79 Å². The Morgan fingerprint density at radius 1 is 1.15 bits per heavy atom. The Morgan fingerprint density at radius 3 is 2.50 bits per heavy atom. The number of amides is 1. The molecule has 4 nitrogen and oxygen atoms in total. The number of nitrogens with one attached hydrogen (secondary N) is 1. The van der Waals surface area contributed by atoms with Gasteiger partial charge in [-0.15, -0.1) is 0 Å². The van der Waals surface area contributed by atoms with E-state index in [0.717, 1.165) is 5.56 Å². The predicted octanol–water partition coefficient (Wildman–Crippen LogP) is 3.08. The quantitative estimate of drug-likeness (QED) is 0.517. The molecule has 0 aliphatic carbocycles. The second kappa shape index (κ2) is 6.21. The van der Waals surface area contributed by atoms with Crippen LogP contribution < -0.4 is 11.2 Å². The minimum Gasteiger partial charge on any atom is -0.399 e. The zero-order valence-corrected chi connectivity index (χ0v) is 11.7. The fraction of sp³-hybridized carbons (Fsp3) is 0.0667. The van der Waals surface area contributed by atoms with Crippen molar-refractivity contribution in [3.05, 3.63) is 64.7 Å². The van der Waals surface area contributed by atoms with Gasteiger partial charge in [0, 0.05) is 16.3 Å². The van der Waals surface area contributed by atoms with E-state index in [1.54, 1.807) is 43.3 Å². The molecular weight excluding hydrogens is 274 g/mol. The van der Waals surface area contributed by atoms with Crippen molar-refractivity contribution >= 4 is 28.9 Å². The molecule has 2 aromatic rings. The average molecular weight is 288 g/mol. The van der Waals surface area contributed by atoms with Crippen molar-refractivity contribution in [2.24, 2.45) is 5.10 Å². The Labute approximate surface area is 122 Å². The highest BCUT2D eigenvalue weighted by Crippen LogP contribution is 2.10. The Kier molecular flexibility index (Phi) is 4.38. The van der Waals surface area contributed by atoms with Gasteiger partial charge in [-0.25, -0.2) is 5.43 Å². The van der Waals surface area contributed by atoms with E-state index >= 15 is 0 Å². The zero-order valence-electron chi connectivity index (χ0n) is 10.9. The lowest BCUT2D eigenvalue weighted by Gasteiger charge is -2.04. The van der Waals surface area contributed by atoms with Gasteiger partial charge in [0.2, 0.25) is 0 Å². The third-order valence-corrected chi connectivity index (χ3v) is 2.99. The molecule has 0 aliphatic heterocycles. The van der Waals surface area contributed by atoms with Crippen LogP contribution in [0.25, 0.3) is 0 Å². The minimum atomic E-state index is -0.287. The first-order chi connectivity index (χ1) is 9.56. The van der Waals surface area contributed by atoms with Crippen LogP contribution in [0.1, 0.15) is 22.8 Å². The van der Waals surface area contributed by atoms with Crippen molar-refractivity contribution in [1.29, 1.82) is 0 Å². The molecule has 3 N–H and O–H groups in total. The molecule has 0 heterocycles. The summed E-state index contributed by atoms with van der Waals surface area (Å²) >= 11 is 5.77. The third kappa shape index (κ3) is 3.59. The maximum Gasteiger partial charge on any atom is 0.271 e. The Balaban J connectivity index is 2.08. The number of nitrogen functional groups attached to an aromatic ring is 1. The van der Waals surface area contributed by atoms with Gasteiger partial charge in [0.1, 0.15) is 0 Å². The second-order valence-corrected chi connectivity index (χ2v) is 4.71. The molecule has 0 unspecified atom stereocenters.